The molecule has 1 rings (SSSR count). The molecule has 1 aromatic carbocycles. The van der Waals surface area contributed by atoms with Crippen molar-refractivity contribution in [2.75, 3.05) is 20.3 Å². The van der Waals surface area contributed by atoms with Crippen molar-refractivity contribution in [3.8, 4) is 5.75 Å². The molecule has 94 valence electrons. The van der Waals surface area contributed by atoms with Gasteiger partial charge in [-0.1, -0.05) is 0 Å². The van der Waals surface area contributed by atoms with Gasteiger partial charge in [0, 0.05) is 19.8 Å². The summed E-state index contributed by atoms with van der Waals surface area (Å²) in [5, 5.41) is 0. The molecular weight excluding hydrogens is 223 g/mol. The third kappa shape index (κ3) is 4.53. The second kappa shape index (κ2) is 7.01. The smallest absolute Gasteiger partial charge is 0.162 e. The molecule has 0 radical (unpaired) electrons. The summed E-state index contributed by atoms with van der Waals surface area (Å²) in [4.78, 5) is 11.0. The van der Waals surface area contributed by atoms with Crippen LogP contribution in [0.4, 0.5) is 4.39 Å². The molecule has 0 fully saturated rings. The molecule has 0 saturated carbocycles. The Hall–Kier alpha value is -1.42. The monoisotopic (exact) mass is 240 g/mol. The van der Waals surface area contributed by atoms with Crippen LogP contribution in [0, 0.1) is 5.82 Å². The van der Waals surface area contributed by atoms with Gasteiger partial charge in [0.05, 0.1) is 12.2 Å². The van der Waals surface area contributed by atoms with Gasteiger partial charge in [0.25, 0.3) is 0 Å². The van der Waals surface area contributed by atoms with Gasteiger partial charge in [-0.3, -0.25) is 4.79 Å². The van der Waals surface area contributed by atoms with Crippen LogP contribution in [0.2, 0.25) is 0 Å². The van der Waals surface area contributed by atoms with Gasteiger partial charge in [0.15, 0.2) is 5.78 Å². The molecule has 1 aromatic rings. The predicted octanol–water partition coefficient (Wildman–Crippen LogP) is 2.83. The van der Waals surface area contributed by atoms with Crippen molar-refractivity contribution in [3.05, 3.63) is 29.6 Å². The Morgan fingerprint density at radius 1 is 1.29 bits per heavy atom. The highest BCUT2D eigenvalue weighted by molar-refractivity contribution is 5.94. The van der Waals surface area contributed by atoms with E-state index in [1.807, 2.05) is 0 Å². The maximum Gasteiger partial charge on any atom is 0.162 e. The van der Waals surface area contributed by atoms with Gasteiger partial charge in [0.2, 0.25) is 0 Å². The number of benzene rings is 1. The van der Waals surface area contributed by atoms with E-state index in [0.717, 1.165) is 12.8 Å². The van der Waals surface area contributed by atoms with Crippen molar-refractivity contribution in [1.82, 2.24) is 0 Å². The molecule has 0 unspecified atom stereocenters. The molecule has 0 atom stereocenters. The van der Waals surface area contributed by atoms with Gasteiger partial charge in [-0.05, 0) is 31.9 Å². The van der Waals surface area contributed by atoms with Crippen molar-refractivity contribution in [2.24, 2.45) is 0 Å². The van der Waals surface area contributed by atoms with Crippen LogP contribution in [0.1, 0.15) is 30.1 Å². The third-order valence-electron chi connectivity index (χ3n) is 2.33. The maximum absolute atomic E-state index is 13.4. The predicted molar refractivity (Wildman–Crippen MR) is 63.0 cm³/mol. The van der Waals surface area contributed by atoms with Crippen molar-refractivity contribution in [2.45, 2.75) is 19.8 Å². The number of carbonyl (C=O) groups excluding carboxylic acids is 1. The first kappa shape index (κ1) is 13.6. The molecule has 0 aliphatic rings. The summed E-state index contributed by atoms with van der Waals surface area (Å²) in [7, 11) is 1.65. The summed E-state index contributed by atoms with van der Waals surface area (Å²) in [6, 6.07) is 4.30. The maximum atomic E-state index is 13.4. The summed E-state index contributed by atoms with van der Waals surface area (Å²) < 4.78 is 23.7. The van der Waals surface area contributed by atoms with Crippen molar-refractivity contribution < 1.29 is 18.7 Å². The molecule has 4 heteroatoms. The Morgan fingerprint density at radius 2 is 2.00 bits per heavy atom. The van der Waals surface area contributed by atoms with E-state index >= 15 is 0 Å². The Labute approximate surface area is 101 Å². The van der Waals surface area contributed by atoms with E-state index in [-0.39, 0.29) is 11.3 Å². The molecule has 0 heterocycles. The third-order valence-corrected chi connectivity index (χ3v) is 2.33. The van der Waals surface area contributed by atoms with E-state index < -0.39 is 5.82 Å². The van der Waals surface area contributed by atoms with Gasteiger partial charge in [-0.25, -0.2) is 4.39 Å². The zero-order valence-electron chi connectivity index (χ0n) is 10.2. The molecule has 3 nitrogen and oxygen atoms in total. The average molecular weight is 240 g/mol. The summed E-state index contributed by atoms with van der Waals surface area (Å²) in [6.07, 6.45) is 1.76. The average Bonchev–Trinajstić information content (AvgIpc) is 2.28. The molecule has 0 spiro atoms. The zero-order chi connectivity index (χ0) is 12.7. The summed E-state index contributed by atoms with van der Waals surface area (Å²) in [5.41, 5.74) is 0.0942. The first-order valence-corrected chi connectivity index (χ1v) is 5.57. The second-order valence-electron chi connectivity index (χ2n) is 3.75. The Kier molecular flexibility index (Phi) is 5.63. The number of hydrogen-bond donors (Lipinski definition) is 0. The lowest BCUT2D eigenvalue weighted by Crippen LogP contribution is -2.02. The lowest BCUT2D eigenvalue weighted by molar-refractivity contribution is 0.101. The highest BCUT2D eigenvalue weighted by Crippen LogP contribution is 2.17. The van der Waals surface area contributed by atoms with Gasteiger partial charge in [0.1, 0.15) is 11.6 Å². The number of halogens is 1. The lowest BCUT2D eigenvalue weighted by Gasteiger charge is -2.07. The van der Waals surface area contributed by atoms with Gasteiger partial charge >= 0.3 is 0 Å². The summed E-state index contributed by atoms with van der Waals surface area (Å²) in [6.45, 7) is 2.55. The largest absolute Gasteiger partial charge is 0.493 e. The topological polar surface area (TPSA) is 35.5 Å². The molecule has 0 N–H and O–H groups in total. The normalized spacial score (nSPS) is 10.3. The first-order chi connectivity index (χ1) is 8.15. The van der Waals surface area contributed by atoms with Crippen LogP contribution in [-0.4, -0.2) is 26.1 Å². The van der Waals surface area contributed by atoms with Crippen LogP contribution >= 0.6 is 0 Å². The fourth-order valence-corrected chi connectivity index (χ4v) is 1.41. The molecule has 17 heavy (non-hydrogen) atoms. The lowest BCUT2D eigenvalue weighted by atomic mass is 10.1. The molecular formula is C13H17FO3. The number of Topliss-reactive ketones (excluding diaryl/α,β-unsaturated/α-hetero) is 1. The quantitative estimate of drug-likeness (QED) is 0.543. The minimum Gasteiger partial charge on any atom is -0.493 e. The van der Waals surface area contributed by atoms with Gasteiger partial charge in [-0.15, -0.1) is 0 Å². The Balaban J connectivity index is 2.45. The van der Waals surface area contributed by atoms with Crippen LogP contribution in [0.5, 0.6) is 5.75 Å². The fourth-order valence-electron chi connectivity index (χ4n) is 1.41. The van der Waals surface area contributed by atoms with Gasteiger partial charge < -0.3 is 9.47 Å². The van der Waals surface area contributed by atoms with Crippen LogP contribution in [-0.2, 0) is 4.74 Å². The molecule has 0 aliphatic heterocycles. The minimum absolute atomic E-state index is 0.0942. The molecule has 0 saturated heterocycles. The highest BCUT2D eigenvalue weighted by Gasteiger charge is 2.07. The van der Waals surface area contributed by atoms with Crippen LogP contribution in [0.25, 0.3) is 0 Å². The number of hydrogen-bond acceptors (Lipinski definition) is 3. The number of ketones is 1. The van der Waals surface area contributed by atoms with E-state index in [4.69, 9.17) is 9.47 Å². The number of unbranched alkanes of at least 4 members (excludes halogenated alkanes) is 1. The van der Waals surface area contributed by atoms with E-state index in [0.29, 0.717) is 19.0 Å². The van der Waals surface area contributed by atoms with E-state index in [1.165, 1.54) is 19.1 Å². The minimum atomic E-state index is -0.535. The van der Waals surface area contributed by atoms with Crippen molar-refractivity contribution >= 4 is 5.78 Å². The molecule has 0 aliphatic carbocycles. The first-order valence-electron chi connectivity index (χ1n) is 5.57. The fraction of sp³-hybridized carbons (Fsp3) is 0.462. The summed E-state index contributed by atoms with van der Waals surface area (Å²) >= 11 is 0. The van der Waals surface area contributed by atoms with Crippen LogP contribution in [0.15, 0.2) is 18.2 Å². The van der Waals surface area contributed by atoms with E-state index in [1.54, 1.807) is 13.2 Å². The van der Waals surface area contributed by atoms with Crippen LogP contribution in [0.3, 0.4) is 0 Å². The second-order valence-corrected chi connectivity index (χ2v) is 3.75. The SMILES string of the molecule is COCCCCOc1ccc(C(C)=O)c(F)c1. The zero-order valence-corrected chi connectivity index (χ0v) is 10.2. The van der Waals surface area contributed by atoms with Crippen molar-refractivity contribution in [1.29, 1.82) is 0 Å². The molecule has 0 amide bonds. The number of rotatable bonds is 7. The Morgan fingerprint density at radius 3 is 2.59 bits per heavy atom. The summed E-state index contributed by atoms with van der Waals surface area (Å²) in [5.74, 6) is -0.369. The standard InChI is InChI=1S/C13H17FO3/c1-10(15)12-6-5-11(9-13(12)14)17-8-4-3-7-16-2/h5-6,9H,3-4,7-8H2,1-2H3. The van der Waals surface area contributed by atoms with E-state index in [9.17, 15) is 9.18 Å². The molecule has 0 bridgehead atoms. The number of methoxy groups -OCH3 is 1. The van der Waals surface area contributed by atoms with Crippen LogP contribution < -0.4 is 4.74 Å². The Bertz CT molecular complexity index is 377. The molecule has 0 aromatic heterocycles. The van der Waals surface area contributed by atoms with E-state index in [2.05, 4.69) is 0 Å². The number of carbonyl (C=O) groups is 1. The highest BCUT2D eigenvalue weighted by atomic mass is 19.1. The number of ether oxygens (including phenoxy) is 2. The van der Waals surface area contributed by atoms with Gasteiger partial charge in [-0.2, -0.15) is 0 Å². The van der Waals surface area contributed by atoms with Crippen molar-refractivity contribution in [3.63, 3.8) is 0 Å².